The van der Waals surface area contributed by atoms with Crippen LogP contribution in [0.25, 0.3) is 11.3 Å². The Morgan fingerprint density at radius 3 is 2.50 bits per heavy atom. The van der Waals surface area contributed by atoms with E-state index in [0.717, 1.165) is 3.97 Å². The molecule has 0 saturated carbocycles. The molecule has 0 spiro atoms. The molecule has 0 radical (unpaired) electrons. The van der Waals surface area contributed by atoms with Crippen molar-refractivity contribution in [1.29, 1.82) is 0 Å². The fourth-order valence-electron chi connectivity index (χ4n) is 4.72. The number of nitrogens with one attached hydrogen (secondary N) is 1. The number of aromatic nitrogens is 2. The average Bonchev–Trinajstić information content (AvgIpc) is 3.41. The van der Waals surface area contributed by atoms with Gasteiger partial charge in [-0.05, 0) is 62.6 Å². The molecule has 0 bridgehead atoms. The van der Waals surface area contributed by atoms with Gasteiger partial charge in [-0.2, -0.15) is 0 Å². The Labute approximate surface area is 239 Å². The molecular formula is C28H33ClFN5O4S. The first-order chi connectivity index (χ1) is 19.0. The minimum atomic E-state index is -4.07. The van der Waals surface area contributed by atoms with Gasteiger partial charge in [0.2, 0.25) is 11.8 Å². The van der Waals surface area contributed by atoms with Gasteiger partial charge < -0.3 is 9.80 Å². The van der Waals surface area contributed by atoms with Crippen molar-refractivity contribution in [2.45, 2.75) is 43.8 Å². The van der Waals surface area contributed by atoms with Crippen LogP contribution in [0.15, 0.2) is 66.0 Å². The summed E-state index contributed by atoms with van der Waals surface area (Å²) in [6, 6.07) is 10.6. The van der Waals surface area contributed by atoms with Crippen molar-refractivity contribution < 1.29 is 22.4 Å². The molecule has 12 heteroatoms. The predicted octanol–water partition coefficient (Wildman–Crippen LogP) is 3.69. The molecule has 214 valence electrons. The lowest BCUT2D eigenvalue weighted by atomic mass is 9.94. The quantitative estimate of drug-likeness (QED) is 0.302. The molecule has 2 amide bonds. The van der Waals surface area contributed by atoms with Crippen LogP contribution in [0.5, 0.6) is 0 Å². The van der Waals surface area contributed by atoms with E-state index in [9.17, 15) is 22.4 Å². The number of alkyl halides is 1. The van der Waals surface area contributed by atoms with Crippen molar-refractivity contribution in [1.82, 2.24) is 24.1 Å². The van der Waals surface area contributed by atoms with Gasteiger partial charge in [-0.1, -0.05) is 12.1 Å². The third kappa shape index (κ3) is 6.21. The predicted molar refractivity (Wildman–Crippen MR) is 150 cm³/mol. The van der Waals surface area contributed by atoms with Gasteiger partial charge in [0.05, 0.1) is 11.4 Å². The summed E-state index contributed by atoms with van der Waals surface area (Å²) in [5.41, 5.74) is 0.126. The number of hydrogen-bond donors (Lipinski definition) is 1. The van der Waals surface area contributed by atoms with Gasteiger partial charge in [0.15, 0.2) is 0 Å². The van der Waals surface area contributed by atoms with Gasteiger partial charge in [-0.15, -0.1) is 11.6 Å². The van der Waals surface area contributed by atoms with Crippen LogP contribution in [0, 0.1) is 11.7 Å². The van der Waals surface area contributed by atoms with E-state index in [1.165, 1.54) is 42.9 Å². The van der Waals surface area contributed by atoms with Gasteiger partial charge in [0.1, 0.15) is 16.6 Å². The average molecular weight is 590 g/mol. The van der Waals surface area contributed by atoms with Gasteiger partial charge >= 0.3 is 0 Å². The zero-order valence-electron chi connectivity index (χ0n) is 22.7. The highest BCUT2D eigenvalue weighted by Gasteiger charge is 2.34. The first kappa shape index (κ1) is 29.7. The van der Waals surface area contributed by atoms with Crippen molar-refractivity contribution in [3.63, 3.8) is 0 Å². The molecular weight excluding hydrogens is 557 g/mol. The number of benzene rings is 1. The molecule has 1 aliphatic heterocycles. The van der Waals surface area contributed by atoms with E-state index >= 15 is 0 Å². The number of pyridine rings is 1. The first-order valence-corrected chi connectivity index (χ1v) is 14.9. The minimum Gasteiger partial charge on any atom is -0.342 e. The van der Waals surface area contributed by atoms with E-state index in [1.807, 2.05) is 13.8 Å². The van der Waals surface area contributed by atoms with Crippen LogP contribution >= 0.6 is 11.6 Å². The normalized spacial score (nSPS) is 14.8. The number of hydrogen-bond acceptors (Lipinski definition) is 6. The molecule has 0 atom stereocenters. The van der Waals surface area contributed by atoms with Crippen LogP contribution in [0.4, 0.5) is 4.39 Å². The number of piperidine rings is 1. The molecule has 3 aromatic rings. The van der Waals surface area contributed by atoms with E-state index in [1.54, 1.807) is 35.0 Å². The summed E-state index contributed by atoms with van der Waals surface area (Å²) in [6.07, 6.45) is 5.30. The molecule has 1 aromatic carbocycles. The minimum absolute atomic E-state index is 0.0212. The summed E-state index contributed by atoms with van der Waals surface area (Å²) < 4.78 is 42.9. The molecule has 0 aliphatic carbocycles. The Hall–Kier alpha value is -3.28. The SMILES string of the molecule is CN(C(=O)C1CCN(C(=O)CCl)CC1)C(C)(C)NCc1cc(-c2ccccc2F)n(S(=O)(=O)c2cccnc2)c1. The molecule has 1 N–H and O–H groups in total. The number of carbonyl (C=O) groups is 2. The number of halogens is 2. The maximum atomic E-state index is 14.8. The van der Waals surface area contributed by atoms with Crippen molar-refractivity contribution in [3.8, 4) is 11.3 Å². The third-order valence-electron chi connectivity index (χ3n) is 7.39. The monoisotopic (exact) mass is 589 g/mol. The Morgan fingerprint density at radius 2 is 1.88 bits per heavy atom. The Kier molecular flexibility index (Phi) is 8.96. The maximum absolute atomic E-state index is 14.8. The van der Waals surface area contributed by atoms with Crippen LogP contribution in [0.2, 0.25) is 0 Å². The standard InChI is InChI=1S/C28H33ClFN5O4S/c1-28(2,33(3)27(37)21-10-13-34(14-11-21)26(36)16-29)32-17-20-15-25(23-8-4-5-9-24(23)30)35(19-20)40(38,39)22-7-6-12-31-18-22/h4-9,12,15,18-19,21,32H,10-11,13-14,16-17H2,1-3H3. The second-order valence-corrected chi connectivity index (χ2v) is 12.4. The smallest absolute Gasteiger partial charge is 0.269 e. The van der Waals surface area contributed by atoms with E-state index < -0.39 is 21.5 Å². The zero-order valence-corrected chi connectivity index (χ0v) is 24.3. The number of likely N-dealkylation sites (tertiary alicyclic amines) is 1. The Morgan fingerprint density at radius 1 is 1.18 bits per heavy atom. The van der Waals surface area contributed by atoms with Gasteiger partial charge in [-0.25, -0.2) is 16.8 Å². The summed E-state index contributed by atoms with van der Waals surface area (Å²) in [4.78, 5) is 32.4. The topological polar surface area (TPSA) is 105 Å². The lowest BCUT2D eigenvalue weighted by molar-refractivity contribution is -0.143. The van der Waals surface area contributed by atoms with Crippen LogP contribution in [-0.4, -0.2) is 70.7 Å². The van der Waals surface area contributed by atoms with E-state index in [-0.39, 0.29) is 46.3 Å². The highest BCUT2D eigenvalue weighted by molar-refractivity contribution is 7.90. The second-order valence-electron chi connectivity index (χ2n) is 10.3. The number of carbonyl (C=O) groups excluding carboxylic acids is 2. The molecule has 1 fully saturated rings. The lowest BCUT2D eigenvalue weighted by Gasteiger charge is -2.40. The number of amides is 2. The summed E-state index contributed by atoms with van der Waals surface area (Å²) in [7, 11) is -2.35. The third-order valence-corrected chi connectivity index (χ3v) is 9.27. The van der Waals surface area contributed by atoms with Crippen molar-refractivity contribution in [2.75, 3.05) is 26.0 Å². The van der Waals surface area contributed by atoms with Crippen molar-refractivity contribution >= 4 is 33.4 Å². The summed E-state index contributed by atoms with van der Waals surface area (Å²) in [5.74, 6) is -1.01. The number of rotatable bonds is 9. The first-order valence-electron chi connectivity index (χ1n) is 12.9. The van der Waals surface area contributed by atoms with E-state index in [2.05, 4.69) is 10.3 Å². The van der Waals surface area contributed by atoms with Crippen LogP contribution < -0.4 is 5.32 Å². The van der Waals surface area contributed by atoms with E-state index in [4.69, 9.17) is 11.6 Å². The molecule has 2 aromatic heterocycles. The van der Waals surface area contributed by atoms with E-state index in [0.29, 0.717) is 31.5 Å². The Balaban J connectivity index is 1.54. The molecule has 4 rings (SSSR count). The van der Waals surface area contributed by atoms with Crippen LogP contribution in [-0.2, 0) is 26.2 Å². The molecule has 40 heavy (non-hydrogen) atoms. The highest BCUT2D eigenvalue weighted by Crippen LogP contribution is 2.29. The van der Waals surface area contributed by atoms with Gasteiger partial charge in [-0.3, -0.25) is 19.9 Å². The largest absolute Gasteiger partial charge is 0.342 e. The molecule has 3 heterocycles. The van der Waals surface area contributed by atoms with Crippen LogP contribution in [0.1, 0.15) is 32.3 Å². The molecule has 1 saturated heterocycles. The van der Waals surface area contributed by atoms with Gasteiger partial charge in [0, 0.05) is 56.8 Å². The highest BCUT2D eigenvalue weighted by atomic mass is 35.5. The molecule has 9 nitrogen and oxygen atoms in total. The lowest BCUT2D eigenvalue weighted by Crippen LogP contribution is -2.57. The van der Waals surface area contributed by atoms with Crippen molar-refractivity contribution in [3.05, 3.63) is 72.4 Å². The van der Waals surface area contributed by atoms with Crippen molar-refractivity contribution in [2.24, 2.45) is 5.92 Å². The maximum Gasteiger partial charge on any atom is 0.269 e. The molecule has 0 unspecified atom stereocenters. The number of nitrogens with zero attached hydrogens (tertiary/aromatic N) is 4. The summed E-state index contributed by atoms with van der Waals surface area (Å²) in [5, 5.41) is 3.34. The fraction of sp³-hybridized carbons (Fsp3) is 0.393. The fourth-order valence-corrected chi connectivity index (χ4v) is 6.24. The second kappa shape index (κ2) is 12.1. The molecule has 1 aliphatic rings. The Bertz CT molecular complexity index is 1470. The van der Waals surface area contributed by atoms with Crippen LogP contribution in [0.3, 0.4) is 0 Å². The summed E-state index contributed by atoms with van der Waals surface area (Å²) >= 11 is 5.66. The summed E-state index contributed by atoms with van der Waals surface area (Å²) in [6.45, 7) is 4.91. The zero-order chi connectivity index (χ0) is 29.1. The van der Waals surface area contributed by atoms with Gasteiger partial charge in [0.25, 0.3) is 10.0 Å².